The minimum atomic E-state index is -1.85. The van der Waals surface area contributed by atoms with E-state index < -0.39 is 51.9 Å². The van der Waals surface area contributed by atoms with Crippen LogP contribution in [0.5, 0.6) is 5.75 Å². The molecule has 2 saturated carbocycles. The minimum absolute atomic E-state index is 0.0165. The number of rotatable bonds is 2. The maximum atomic E-state index is 14.7. The highest BCUT2D eigenvalue weighted by Crippen LogP contribution is 2.87. The Morgan fingerprint density at radius 1 is 1.15 bits per heavy atom. The Hall–Kier alpha value is -2.75. The summed E-state index contributed by atoms with van der Waals surface area (Å²) in [5, 5.41) is 26.6. The molecule has 0 aromatic heterocycles. The molecule has 3 heterocycles. The van der Waals surface area contributed by atoms with Crippen LogP contribution in [0, 0.1) is 29.6 Å². The highest BCUT2D eigenvalue weighted by molar-refractivity contribution is 6.14. The number of fused-ring (bicyclic) bond motifs is 3. The van der Waals surface area contributed by atoms with Gasteiger partial charge in [-0.15, -0.1) is 0 Å². The first-order valence-electron chi connectivity index (χ1n) is 14.5. The zero-order valence-electron chi connectivity index (χ0n) is 23.6. The van der Waals surface area contributed by atoms with Crippen molar-refractivity contribution >= 4 is 17.7 Å². The molecule has 9 heteroatoms. The highest BCUT2D eigenvalue weighted by Gasteiger charge is 2.95. The SMILES string of the molecule is CCC1/C=C/[C@H](O)[C@H](C)OC(=O)C2(C)C3CC(=O)N[C@@]34C(=O)c3cc(C)c(OC)c5c3[C@]2(OC5(O)CC1)C41CC1. The fraction of sp³-hybridized carbons (Fsp3) is 0.645. The largest absolute Gasteiger partial charge is 0.496 e. The van der Waals surface area contributed by atoms with Gasteiger partial charge in [-0.05, 0) is 64.0 Å². The number of Topliss-reactive ketones (excluding diaryl/α,β-unsaturated/α-hetero) is 1. The summed E-state index contributed by atoms with van der Waals surface area (Å²) in [6.07, 6.45) is 4.15. The zero-order valence-corrected chi connectivity index (χ0v) is 23.6. The maximum absolute atomic E-state index is 14.7. The van der Waals surface area contributed by atoms with E-state index in [2.05, 4.69) is 5.32 Å². The molecule has 40 heavy (non-hydrogen) atoms. The van der Waals surface area contributed by atoms with Crippen LogP contribution in [0.4, 0.5) is 0 Å². The van der Waals surface area contributed by atoms with E-state index in [0.717, 1.165) is 6.42 Å². The number of aryl methyl sites for hydroxylation is 1. The van der Waals surface area contributed by atoms with Crippen LogP contribution in [0.25, 0.3) is 0 Å². The van der Waals surface area contributed by atoms with Gasteiger partial charge in [-0.3, -0.25) is 14.4 Å². The van der Waals surface area contributed by atoms with E-state index in [-0.39, 0.29) is 30.4 Å². The van der Waals surface area contributed by atoms with Crippen LogP contribution < -0.4 is 10.1 Å². The summed E-state index contributed by atoms with van der Waals surface area (Å²) in [5.74, 6) is -3.35. The Kier molecular flexibility index (Phi) is 5.07. The number of carbonyl (C=O) groups is 3. The smallest absolute Gasteiger partial charge is 0.315 e. The summed E-state index contributed by atoms with van der Waals surface area (Å²) in [4.78, 5) is 42.4. The van der Waals surface area contributed by atoms with Crippen molar-refractivity contribution < 1.29 is 38.8 Å². The van der Waals surface area contributed by atoms with Crippen LogP contribution in [-0.2, 0) is 30.5 Å². The summed E-state index contributed by atoms with van der Waals surface area (Å²) in [7, 11) is 1.53. The molecule has 0 radical (unpaired) electrons. The van der Waals surface area contributed by atoms with Gasteiger partial charge in [-0.2, -0.15) is 0 Å². The fourth-order valence-corrected chi connectivity index (χ4v) is 9.43. The van der Waals surface area contributed by atoms with Crippen LogP contribution in [0.1, 0.15) is 86.3 Å². The first-order chi connectivity index (χ1) is 18.9. The van der Waals surface area contributed by atoms with Gasteiger partial charge >= 0.3 is 5.97 Å². The van der Waals surface area contributed by atoms with Crippen LogP contribution in [0.15, 0.2) is 18.2 Å². The number of aliphatic hydroxyl groups excluding tert-OH is 1. The van der Waals surface area contributed by atoms with Gasteiger partial charge in [0.25, 0.3) is 0 Å². The number of hydrogen-bond acceptors (Lipinski definition) is 8. The molecule has 7 rings (SSSR count). The van der Waals surface area contributed by atoms with Gasteiger partial charge in [0.2, 0.25) is 5.91 Å². The van der Waals surface area contributed by atoms with Gasteiger partial charge in [-0.25, -0.2) is 0 Å². The van der Waals surface area contributed by atoms with Gasteiger partial charge in [0, 0.05) is 35.3 Å². The summed E-state index contributed by atoms with van der Waals surface area (Å²) in [6.45, 7) is 7.23. The molecule has 1 saturated heterocycles. The second kappa shape index (κ2) is 7.75. The molecule has 1 amide bonds. The van der Waals surface area contributed by atoms with Crippen LogP contribution in [-0.4, -0.2) is 52.7 Å². The molecule has 1 aromatic carbocycles. The molecule has 9 nitrogen and oxygen atoms in total. The van der Waals surface area contributed by atoms with Crippen LogP contribution in [0.2, 0.25) is 0 Å². The zero-order chi connectivity index (χ0) is 28.6. The molecule has 1 aromatic rings. The first kappa shape index (κ1) is 26.2. The first-order valence-corrected chi connectivity index (χ1v) is 14.5. The van der Waals surface area contributed by atoms with E-state index in [1.807, 2.05) is 19.9 Å². The fourth-order valence-electron chi connectivity index (χ4n) is 9.43. The summed E-state index contributed by atoms with van der Waals surface area (Å²) < 4.78 is 19.0. The number of allylic oxidation sites excluding steroid dienone is 1. The number of cyclic esters (lactones) is 1. The van der Waals surface area contributed by atoms with Gasteiger partial charge in [0.1, 0.15) is 34.5 Å². The van der Waals surface area contributed by atoms with Crippen molar-refractivity contribution in [3.05, 3.63) is 40.5 Å². The molecule has 3 aliphatic carbocycles. The monoisotopic (exact) mass is 551 g/mol. The Morgan fingerprint density at radius 2 is 1.88 bits per heavy atom. The van der Waals surface area contributed by atoms with E-state index in [1.54, 1.807) is 26.0 Å². The Labute approximate surface area is 233 Å². The number of methoxy groups -OCH3 is 1. The van der Waals surface area contributed by atoms with Crippen molar-refractivity contribution in [1.82, 2.24) is 5.32 Å². The van der Waals surface area contributed by atoms with E-state index in [4.69, 9.17) is 14.2 Å². The number of nitrogens with one attached hydrogen (secondary N) is 1. The molecular formula is C31H37NO8. The topological polar surface area (TPSA) is 131 Å². The molecule has 3 bridgehead atoms. The second-order valence-electron chi connectivity index (χ2n) is 13.0. The maximum Gasteiger partial charge on any atom is 0.315 e. The summed E-state index contributed by atoms with van der Waals surface area (Å²) in [5.41, 5.74) is -3.33. The van der Waals surface area contributed by atoms with Crippen molar-refractivity contribution in [3.8, 4) is 5.75 Å². The third-order valence-corrected chi connectivity index (χ3v) is 11.3. The number of ether oxygens (including phenoxy) is 3. The molecule has 6 aliphatic rings. The van der Waals surface area contributed by atoms with Gasteiger partial charge in [-0.1, -0.05) is 19.1 Å². The quantitative estimate of drug-likeness (QED) is 0.378. The number of carbonyl (C=O) groups excluding carboxylic acids is 3. The van der Waals surface area contributed by atoms with Crippen molar-refractivity contribution in [2.24, 2.45) is 22.7 Å². The molecule has 3 fully saturated rings. The van der Waals surface area contributed by atoms with Gasteiger partial charge in [0.15, 0.2) is 11.6 Å². The lowest BCUT2D eigenvalue weighted by molar-refractivity contribution is -0.304. The number of amides is 1. The van der Waals surface area contributed by atoms with E-state index in [9.17, 15) is 24.6 Å². The standard InChI is InChI=1S/C31H37NO8/c1-6-17-7-8-19(33)16(3)39-26(36)27(4)20-14-21(34)32-30(20)25(35)18-13-15(2)24(38-5)23-22(18)31(27,28(30)11-12-28)40-29(23,37)10-9-17/h7-8,13,16-17,19-20,33,37H,6,9-12,14H2,1-5H3,(H,32,34)/b8-7+/t16-,17?,19-,20?,27?,29?,30+,31+/m0/s1. The molecule has 3 aliphatic heterocycles. The second-order valence-corrected chi connectivity index (χ2v) is 13.0. The molecular weight excluding hydrogens is 514 g/mol. The Bertz CT molecular complexity index is 1410. The summed E-state index contributed by atoms with van der Waals surface area (Å²) >= 11 is 0. The predicted molar refractivity (Wildman–Crippen MR) is 141 cm³/mol. The average molecular weight is 552 g/mol. The number of aliphatic hydroxyl groups is 2. The Morgan fingerprint density at radius 3 is 2.52 bits per heavy atom. The lowest BCUT2D eigenvalue weighted by Gasteiger charge is -2.49. The molecule has 3 N–H and O–H groups in total. The van der Waals surface area contributed by atoms with Crippen LogP contribution >= 0.6 is 0 Å². The molecule has 8 atom stereocenters. The van der Waals surface area contributed by atoms with Crippen molar-refractivity contribution in [2.75, 3.05) is 7.11 Å². The van der Waals surface area contributed by atoms with Gasteiger partial charge < -0.3 is 29.7 Å². The predicted octanol–water partition coefficient (Wildman–Crippen LogP) is 2.91. The van der Waals surface area contributed by atoms with Crippen molar-refractivity contribution in [2.45, 2.75) is 95.4 Å². The third kappa shape index (κ3) is 2.55. The van der Waals surface area contributed by atoms with Gasteiger partial charge in [0.05, 0.1) is 12.7 Å². The Balaban J connectivity index is 1.59. The van der Waals surface area contributed by atoms with Crippen molar-refractivity contribution in [3.63, 3.8) is 0 Å². The van der Waals surface area contributed by atoms with E-state index >= 15 is 0 Å². The number of ketones is 1. The van der Waals surface area contributed by atoms with E-state index in [0.29, 0.717) is 47.3 Å². The number of hydrogen-bond donors (Lipinski definition) is 3. The lowest BCUT2D eigenvalue weighted by atomic mass is 9.60. The average Bonchev–Trinajstić information content (AvgIpc) is 3.56. The molecule has 4 unspecified atom stereocenters. The van der Waals surface area contributed by atoms with Crippen molar-refractivity contribution in [1.29, 1.82) is 0 Å². The van der Waals surface area contributed by atoms with Crippen LogP contribution in [0.3, 0.4) is 0 Å². The number of benzene rings is 1. The minimum Gasteiger partial charge on any atom is -0.496 e. The highest BCUT2D eigenvalue weighted by atomic mass is 16.7. The summed E-state index contributed by atoms with van der Waals surface area (Å²) in [6, 6.07) is 1.76. The molecule has 3 spiro atoms. The third-order valence-electron chi connectivity index (χ3n) is 11.3. The van der Waals surface area contributed by atoms with E-state index in [1.165, 1.54) is 7.11 Å². The number of esters is 1. The normalized spacial score (nSPS) is 44.7. The lowest BCUT2D eigenvalue weighted by Crippen LogP contribution is -2.63. The molecule has 214 valence electrons.